The maximum Gasteiger partial charge on any atom is 0.112 e. The third-order valence-electron chi connectivity index (χ3n) is 4.11. The third-order valence-corrected chi connectivity index (χ3v) is 5.27. The van der Waals surface area contributed by atoms with Crippen molar-refractivity contribution in [3.05, 3.63) is 15.6 Å². The second kappa shape index (κ2) is 6.73. The number of rotatable bonds is 3. The molecule has 1 aromatic heterocycles. The molecule has 1 saturated heterocycles. The smallest absolute Gasteiger partial charge is 0.112 e. The molecule has 21 heavy (non-hydrogen) atoms. The van der Waals surface area contributed by atoms with Gasteiger partial charge >= 0.3 is 0 Å². The Balaban J connectivity index is 2.34. The van der Waals surface area contributed by atoms with Gasteiger partial charge in [-0.25, -0.2) is 4.98 Å². The second-order valence-electron chi connectivity index (χ2n) is 7.22. The first-order chi connectivity index (χ1) is 9.82. The Morgan fingerprint density at radius 3 is 2.62 bits per heavy atom. The van der Waals surface area contributed by atoms with Gasteiger partial charge in [0, 0.05) is 23.4 Å². The minimum absolute atomic E-state index is 0.107. The Morgan fingerprint density at radius 1 is 1.29 bits per heavy atom. The van der Waals surface area contributed by atoms with Crippen LogP contribution in [0.1, 0.15) is 48.8 Å². The zero-order chi connectivity index (χ0) is 15.6. The van der Waals surface area contributed by atoms with Crippen molar-refractivity contribution in [2.75, 3.05) is 40.8 Å². The Hall–Kier alpha value is -0.490. The average Bonchev–Trinajstić information content (AvgIpc) is 2.72. The molecule has 4 nitrogen and oxygen atoms in total. The summed E-state index contributed by atoms with van der Waals surface area (Å²) in [5, 5.41) is 4.57. The maximum absolute atomic E-state index is 5.06. The highest BCUT2D eigenvalue weighted by Crippen LogP contribution is 2.34. The molecule has 1 aromatic rings. The summed E-state index contributed by atoms with van der Waals surface area (Å²) in [6.45, 7) is 11.1. The Morgan fingerprint density at radius 2 is 2.00 bits per heavy atom. The van der Waals surface area contributed by atoms with Gasteiger partial charge < -0.3 is 10.2 Å². The van der Waals surface area contributed by atoms with Gasteiger partial charge in [0.1, 0.15) is 5.01 Å². The molecule has 0 amide bonds. The highest BCUT2D eigenvalue weighted by Gasteiger charge is 2.29. The van der Waals surface area contributed by atoms with Crippen LogP contribution < -0.4 is 5.32 Å². The molecule has 1 unspecified atom stereocenters. The fourth-order valence-electron chi connectivity index (χ4n) is 2.92. The first-order valence-electron chi connectivity index (χ1n) is 7.86. The molecule has 1 atom stereocenters. The molecule has 120 valence electrons. The second-order valence-corrected chi connectivity index (χ2v) is 8.33. The van der Waals surface area contributed by atoms with Crippen molar-refractivity contribution < 1.29 is 0 Å². The van der Waals surface area contributed by atoms with E-state index in [1.165, 1.54) is 28.5 Å². The lowest BCUT2D eigenvalue weighted by Gasteiger charge is -2.25. The van der Waals surface area contributed by atoms with E-state index in [2.05, 4.69) is 50.0 Å². The highest BCUT2D eigenvalue weighted by atomic mass is 32.1. The number of thiazole rings is 1. The lowest BCUT2D eigenvalue weighted by molar-refractivity contribution is 0.228. The first-order valence-corrected chi connectivity index (χ1v) is 8.68. The van der Waals surface area contributed by atoms with E-state index >= 15 is 0 Å². The third kappa shape index (κ3) is 4.03. The summed E-state index contributed by atoms with van der Waals surface area (Å²) < 4.78 is 0. The number of likely N-dealkylation sites (N-methyl/N-ethyl adjacent to an activating group) is 2. The minimum Gasteiger partial charge on any atom is -0.315 e. The molecule has 1 N–H and O–H groups in total. The molecule has 1 aliphatic heterocycles. The van der Waals surface area contributed by atoms with E-state index in [1.54, 1.807) is 0 Å². The number of nitrogens with one attached hydrogen (secondary N) is 1. The van der Waals surface area contributed by atoms with Crippen LogP contribution in [0.5, 0.6) is 0 Å². The summed E-state index contributed by atoms with van der Waals surface area (Å²) in [5.41, 5.74) is 1.37. The highest BCUT2D eigenvalue weighted by molar-refractivity contribution is 7.11. The molecular formula is C16H30N4S. The van der Waals surface area contributed by atoms with Crippen LogP contribution in [0.3, 0.4) is 0 Å². The van der Waals surface area contributed by atoms with E-state index in [-0.39, 0.29) is 5.41 Å². The Kier molecular flexibility index (Phi) is 5.41. The Bertz CT molecular complexity index is 463. The lowest BCUT2D eigenvalue weighted by Crippen LogP contribution is -2.30. The quantitative estimate of drug-likeness (QED) is 0.929. The molecule has 0 bridgehead atoms. The van der Waals surface area contributed by atoms with Gasteiger partial charge in [-0.3, -0.25) is 4.90 Å². The molecule has 5 heteroatoms. The van der Waals surface area contributed by atoms with E-state index in [0.29, 0.717) is 6.04 Å². The molecule has 2 heterocycles. The molecule has 0 radical (unpaired) electrons. The minimum atomic E-state index is 0.107. The molecule has 0 aromatic carbocycles. The topological polar surface area (TPSA) is 31.4 Å². The van der Waals surface area contributed by atoms with Gasteiger partial charge in [-0.15, -0.1) is 11.3 Å². The van der Waals surface area contributed by atoms with Crippen molar-refractivity contribution in [2.24, 2.45) is 0 Å². The zero-order valence-corrected chi connectivity index (χ0v) is 15.2. The lowest BCUT2D eigenvalue weighted by atomic mass is 9.91. The molecule has 1 fully saturated rings. The van der Waals surface area contributed by atoms with E-state index < -0.39 is 0 Å². The van der Waals surface area contributed by atoms with E-state index in [9.17, 15) is 0 Å². The van der Waals surface area contributed by atoms with Crippen LogP contribution in [0.25, 0.3) is 0 Å². The molecule has 2 rings (SSSR count). The van der Waals surface area contributed by atoms with Crippen molar-refractivity contribution in [2.45, 2.75) is 45.2 Å². The van der Waals surface area contributed by atoms with Crippen LogP contribution in [-0.4, -0.2) is 55.6 Å². The van der Waals surface area contributed by atoms with Crippen LogP contribution in [0.2, 0.25) is 0 Å². The zero-order valence-electron chi connectivity index (χ0n) is 14.4. The standard InChI is InChI=1S/C16H30N4S/c1-16(2,3)14-13(10-17-4)21-15(18-14)12-11-19(5)8-7-9-20(12)6/h12,17H,7-11H2,1-6H3. The van der Waals surface area contributed by atoms with E-state index in [1.807, 2.05) is 18.4 Å². The molecular weight excluding hydrogens is 280 g/mol. The predicted octanol–water partition coefficient (Wildman–Crippen LogP) is 2.47. The summed E-state index contributed by atoms with van der Waals surface area (Å²) in [7, 11) is 6.47. The number of aromatic nitrogens is 1. The van der Waals surface area contributed by atoms with E-state index in [4.69, 9.17) is 4.98 Å². The van der Waals surface area contributed by atoms with Gasteiger partial charge in [0.05, 0.1) is 11.7 Å². The molecule has 0 spiro atoms. The monoisotopic (exact) mass is 310 g/mol. The normalized spacial score (nSPS) is 22.5. The van der Waals surface area contributed by atoms with Gasteiger partial charge in [0.25, 0.3) is 0 Å². The molecule has 0 aliphatic carbocycles. The average molecular weight is 311 g/mol. The number of nitrogens with zero attached hydrogens (tertiary/aromatic N) is 3. The van der Waals surface area contributed by atoms with Crippen LogP contribution in [0.15, 0.2) is 0 Å². The SMILES string of the molecule is CNCc1sc(C2CN(C)CCCN2C)nc1C(C)(C)C. The van der Waals surface area contributed by atoms with Crippen molar-refractivity contribution in [1.82, 2.24) is 20.1 Å². The fourth-order valence-corrected chi connectivity index (χ4v) is 4.36. The fraction of sp³-hybridized carbons (Fsp3) is 0.812. The van der Waals surface area contributed by atoms with Crippen molar-refractivity contribution >= 4 is 11.3 Å². The molecule has 0 saturated carbocycles. The van der Waals surface area contributed by atoms with Crippen LogP contribution in [0, 0.1) is 0 Å². The Labute approximate surface area is 133 Å². The van der Waals surface area contributed by atoms with Crippen molar-refractivity contribution in [1.29, 1.82) is 0 Å². The van der Waals surface area contributed by atoms with Gasteiger partial charge in [-0.2, -0.15) is 0 Å². The van der Waals surface area contributed by atoms with E-state index in [0.717, 1.165) is 19.6 Å². The van der Waals surface area contributed by atoms with Crippen LogP contribution in [0.4, 0.5) is 0 Å². The predicted molar refractivity (Wildman–Crippen MR) is 91.1 cm³/mol. The van der Waals surface area contributed by atoms with Crippen LogP contribution >= 0.6 is 11.3 Å². The van der Waals surface area contributed by atoms with Gasteiger partial charge in [0.15, 0.2) is 0 Å². The van der Waals surface area contributed by atoms with Crippen molar-refractivity contribution in [3.8, 4) is 0 Å². The molecule has 1 aliphatic rings. The summed E-state index contributed by atoms with van der Waals surface area (Å²) in [6.07, 6.45) is 1.24. The maximum atomic E-state index is 5.06. The van der Waals surface area contributed by atoms with Gasteiger partial charge in [-0.1, -0.05) is 20.8 Å². The van der Waals surface area contributed by atoms with Gasteiger partial charge in [0.2, 0.25) is 0 Å². The van der Waals surface area contributed by atoms with Crippen LogP contribution in [-0.2, 0) is 12.0 Å². The number of hydrogen-bond acceptors (Lipinski definition) is 5. The summed E-state index contributed by atoms with van der Waals surface area (Å²) >= 11 is 1.89. The first kappa shape index (κ1) is 16.9. The number of hydrogen-bond donors (Lipinski definition) is 1. The van der Waals surface area contributed by atoms with Gasteiger partial charge in [-0.05, 0) is 40.7 Å². The van der Waals surface area contributed by atoms with Crippen molar-refractivity contribution in [3.63, 3.8) is 0 Å². The summed E-state index contributed by atoms with van der Waals surface area (Å²) in [6, 6.07) is 0.425. The summed E-state index contributed by atoms with van der Waals surface area (Å²) in [5.74, 6) is 0. The summed E-state index contributed by atoms with van der Waals surface area (Å²) in [4.78, 5) is 11.4. The largest absolute Gasteiger partial charge is 0.315 e.